The van der Waals surface area contributed by atoms with Crippen LogP contribution in [0.3, 0.4) is 0 Å². The molecule has 0 aliphatic rings. The number of rotatable bonds is 4. The Morgan fingerprint density at radius 2 is 1.71 bits per heavy atom. The van der Waals surface area contributed by atoms with E-state index >= 15 is 0 Å². The van der Waals surface area contributed by atoms with Gasteiger partial charge in [0, 0.05) is 17.6 Å². The molecule has 0 aromatic heterocycles. The zero-order valence-electron chi connectivity index (χ0n) is 13.0. The van der Waals surface area contributed by atoms with Crippen molar-refractivity contribution in [2.45, 2.75) is 39.8 Å². The first-order valence-electron chi connectivity index (χ1n) is 7.12. The van der Waals surface area contributed by atoms with E-state index < -0.39 is 0 Å². The minimum atomic E-state index is -0.253. The van der Waals surface area contributed by atoms with Crippen molar-refractivity contribution in [3.8, 4) is 11.5 Å². The Hall–Kier alpha value is -1.87. The van der Waals surface area contributed by atoms with Crippen LogP contribution in [-0.4, -0.2) is 5.54 Å². The maximum absolute atomic E-state index is 14.1. The topological polar surface area (TPSA) is 21.3 Å². The first-order valence-corrected chi connectivity index (χ1v) is 7.12. The predicted octanol–water partition coefficient (Wildman–Crippen LogP) is 4.81. The lowest BCUT2D eigenvalue weighted by Gasteiger charge is -2.22. The molecular formula is C18H22FNO. The fraction of sp³-hybridized carbons (Fsp3) is 0.333. The van der Waals surface area contributed by atoms with Gasteiger partial charge in [-0.2, -0.15) is 0 Å². The lowest BCUT2D eigenvalue weighted by atomic mass is 10.1. The quantitative estimate of drug-likeness (QED) is 0.871. The van der Waals surface area contributed by atoms with Crippen LogP contribution < -0.4 is 10.1 Å². The number of hydrogen-bond acceptors (Lipinski definition) is 2. The van der Waals surface area contributed by atoms with Crippen molar-refractivity contribution >= 4 is 0 Å². The van der Waals surface area contributed by atoms with Gasteiger partial charge in [-0.05, 0) is 52.0 Å². The summed E-state index contributed by atoms with van der Waals surface area (Å²) in [5.74, 6) is 1.01. The molecule has 2 aromatic carbocycles. The molecule has 0 saturated heterocycles. The van der Waals surface area contributed by atoms with Gasteiger partial charge in [-0.15, -0.1) is 0 Å². The van der Waals surface area contributed by atoms with Gasteiger partial charge in [-0.3, -0.25) is 0 Å². The Morgan fingerprint density at radius 1 is 1.05 bits per heavy atom. The summed E-state index contributed by atoms with van der Waals surface area (Å²) in [6, 6.07) is 12.6. The van der Waals surface area contributed by atoms with E-state index in [2.05, 4.69) is 5.32 Å². The Balaban J connectivity index is 2.22. The van der Waals surface area contributed by atoms with E-state index in [4.69, 9.17) is 4.74 Å². The molecule has 0 saturated carbocycles. The SMILES string of the molecule is Cc1ccc(Oc2cccc(F)c2CNC(C)(C)C)cc1. The van der Waals surface area contributed by atoms with Crippen LogP contribution in [0.15, 0.2) is 42.5 Å². The van der Waals surface area contributed by atoms with Crippen molar-refractivity contribution in [1.82, 2.24) is 5.32 Å². The van der Waals surface area contributed by atoms with Crippen molar-refractivity contribution < 1.29 is 9.13 Å². The number of ether oxygens (including phenoxy) is 1. The van der Waals surface area contributed by atoms with E-state index in [9.17, 15) is 4.39 Å². The smallest absolute Gasteiger partial charge is 0.134 e. The largest absolute Gasteiger partial charge is 0.457 e. The molecule has 0 spiro atoms. The highest BCUT2D eigenvalue weighted by Crippen LogP contribution is 2.27. The maximum atomic E-state index is 14.1. The second-order valence-corrected chi connectivity index (χ2v) is 6.24. The summed E-state index contributed by atoms with van der Waals surface area (Å²) in [5.41, 5.74) is 1.63. The Bertz CT molecular complexity index is 600. The van der Waals surface area contributed by atoms with Crippen molar-refractivity contribution in [2.24, 2.45) is 0 Å². The average Bonchev–Trinajstić information content (AvgIpc) is 2.39. The molecule has 2 rings (SSSR count). The minimum Gasteiger partial charge on any atom is -0.457 e. The highest BCUT2D eigenvalue weighted by Gasteiger charge is 2.14. The van der Waals surface area contributed by atoms with Crippen LogP contribution in [0.1, 0.15) is 31.9 Å². The van der Waals surface area contributed by atoms with Gasteiger partial charge < -0.3 is 10.1 Å². The number of benzene rings is 2. The second kappa shape index (κ2) is 6.27. The molecular weight excluding hydrogens is 265 g/mol. The molecule has 2 aromatic rings. The van der Waals surface area contributed by atoms with Gasteiger partial charge in [0.1, 0.15) is 17.3 Å². The summed E-state index contributed by atoms with van der Waals surface area (Å²) in [5, 5.41) is 3.29. The summed E-state index contributed by atoms with van der Waals surface area (Å²) in [7, 11) is 0. The third-order valence-corrected chi connectivity index (χ3v) is 3.12. The molecule has 3 heteroatoms. The number of aryl methyl sites for hydroxylation is 1. The van der Waals surface area contributed by atoms with Gasteiger partial charge >= 0.3 is 0 Å². The Labute approximate surface area is 126 Å². The molecule has 0 fully saturated rings. The number of hydrogen-bond donors (Lipinski definition) is 1. The van der Waals surface area contributed by atoms with Gasteiger partial charge in [0.2, 0.25) is 0 Å². The third-order valence-electron chi connectivity index (χ3n) is 3.12. The predicted molar refractivity (Wildman–Crippen MR) is 84.2 cm³/mol. The summed E-state index contributed by atoms with van der Waals surface area (Å²) < 4.78 is 19.9. The van der Waals surface area contributed by atoms with E-state index in [0.717, 1.165) is 5.56 Å². The van der Waals surface area contributed by atoms with Gasteiger partial charge in [-0.1, -0.05) is 23.8 Å². The highest BCUT2D eigenvalue weighted by molar-refractivity contribution is 5.39. The monoisotopic (exact) mass is 287 g/mol. The molecule has 0 aliphatic heterocycles. The molecule has 2 nitrogen and oxygen atoms in total. The van der Waals surface area contributed by atoms with Gasteiger partial charge in [0.05, 0.1) is 0 Å². The van der Waals surface area contributed by atoms with Crippen molar-refractivity contribution in [2.75, 3.05) is 0 Å². The molecule has 112 valence electrons. The van der Waals surface area contributed by atoms with E-state index in [1.54, 1.807) is 12.1 Å². The van der Waals surface area contributed by atoms with Gasteiger partial charge in [0.15, 0.2) is 0 Å². The zero-order valence-corrected chi connectivity index (χ0v) is 13.0. The molecule has 0 aliphatic carbocycles. The van der Waals surface area contributed by atoms with E-state index in [-0.39, 0.29) is 11.4 Å². The fourth-order valence-electron chi connectivity index (χ4n) is 1.89. The standard InChI is InChI=1S/C18H22FNO/c1-13-8-10-14(11-9-13)21-17-7-5-6-16(19)15(17)12-20-18(2,3)4/h5-11,20H,12H2,1-4H3. The first kappa shape index (κ1) is 15.5. The van der Waals surface area contributed by atoms with Crippen molar-refractivity contribution in [1.29, 1.82) is 0 Å². The second-order valence-electron chi connectivity index (χ2n) is 6.24. The molecule has 0 bridgehead atoms. The molecule has 0 atom stereocenters. The lowest BCUT2D eigenvalue weighted by Crippen LogP contribution is -2.35. The summed E-state index contributed by atoms with van der Waals surface area (Å²) in [6.45, 7) is 8.60. The van der Waals surface area contributed by atoms with Crippen LogP contribution in [0.2, 0.25) is 0 Å². The van der Waals surface area contributed by atoms with E-state index in [1.807, 2.05) is 52.0 Å². The molecule has 0 amide bonds. The summed E-state index contributed by atoms with van der Waals surface area (Å²) in [4.78, 5) is 0. The van der Waals surface area contributed by atoms with Gasteiger partial charge in [-0.25, -0.2) is 4.39 Å². The summed E-state index contributed by atoms with van der Waals surface area (Å²) >= 11 is 0. The number of halogens is 1. The van der Waals surface area contributed by atoms with Crippen LogP contribution in [0, 0.1) is 12.7 Å². The number of nitrogens with one attached hydrogen (secondary N) is 1. The summed E-state index contributed by atoms with van der Waals surface area (Å²) in [6.07, 6.45) is 0. The molecule has 1 N–H and O–H groups in total. The van der Waals surface area contributed by atoms with E-state index in [0.29, 0.717) is 23.6 Å². The third kappa shape index (κ3) is 4.57. The zero-order chi connectivity index (χ0) is 15.5. The van der Waals surface area contributed by atoms with Crippen LogP contribution >= 0.6 is 0 Å². The minimum absolute atomic E-state index is 0.0800. The lowest BCUT2D eigenvalue weighted by molar-refractivity contribution is 0.406. The Kier molecular flexibility index (Phi) is 4.63. The molecule has 0 unspecified atom stereocenters. The van der Waals surface area contributed by atoms with E-state index in [1.165, 1.54) is 6.07 Å². The first-order chi connectivity index (χ1) is 9.85. The highest BCUT2D eigenvalue weighted by atomic mass is 19.1. The van der Waals surface area contributed by atoms with Crippen LogP contribution in [-0.2, 0) is 6.54 Å². The van der Waals surface area contributed by atoms with Crippen LogP contribution in [0.25, 0.3) is 0 Å². The maximum Gasteiger partial charge on any atom is 0.134 e. The van der Waals surface area contributed by atoms with Crippen LogP contribution in [0.4, 0.5) is 4.39 Å². The molecule has 0 radical (unpaired) electrons. The Morgan fingerprint density at radius 3 is 2.33 bits per heavy atom. The van der Waals surface area contributed by atoms with Crippen molar-refractivity contribution in [3.05, 3.63) is 59.4 Å². The molecule has 21 heavy (non-hydrogen) atoms. The average molecular weight is 287 g/mol. The molecule has 0 heterocycles. The van der Waals surface area contributed by atoms with Crippen molar-refractivity contribution in [3.63, 3.8) is 0 Å². The fourth-order valence-corrected chi connectivity index (χ4v) is 1.89. The van der Waals surface area contributed by atoms with Gasteiger partial charge in [0.25, 0.3) is 0 Å². The normalized spacial score (nSPS) is 11.5. The van der Waals surface area contributed by atoms with Crippen LogP contribution in [0.5, 0.6) is 11.5 Å².